The Kier molecular flexibility index (Phi) is 5.54. The van der Waals surface area contributed by atoms with Crippen LogP contribution in [-0.4, -0.2) is 23.6 Å². The fourth-order valence-corrected chi connectivity index (χ4v) is 4.36. The SMILES string of the molecule is CCCc1cc(=O)oc2c3c(c4c(c12)OC(C)(C)C=C4)O[C@@H](C)[C@H](C)[C@@H]3OC(=O)CCl. The second-order valence-corrected chi connectivity index (χ2v) is 9.06. The second-order valence-electron chi connectivity index (χ2n) is 8.80. The molecule has 0 spiro atoms. The number of benzene rings is 1. The summed E-state index contributed by atoms with van der Waals surface area (Å²) in [6.45, 7) is 9.84. The third-order valence-electron chi connectivity index (χ3n) is 5.96. The van der Waals surface area contributed by atoms with Gasteiger partial charge in [-0.3, -0.25) is 4.79 Å². The van der Waals surface area contributed by atoms with Crippen LogP contribution in [0.5, 0.6) is 11.5 Å². The lowest BCUT2D eigenvalue weighted by molar-refractivity contribution is -0.152. The average Bonchev–Trinajstić information content (AvgIpc) is 2.70. The summed E-state index contributed by atoms with van der Waals surface area (Å²) in [5.74, 6) is 0.163. The Hall–Kier alpha value is -2.47. The molecule has 0 bridgehead atoms. The number of aryl methyl sites for hydroxylation is 1. The first-order valence-corrected chi connectivity index (χ1v) is 11.2. The van der Waals surface area contributed by atoms with E-state index in [0.29, 0.717) is 29.1 Å². The first-order valence-electron chi connectivity index (χ1n) is 10.6. The molecule has 4 rings (SSSR count). The van der Waals surface area contributed by atoms with E-state index in [4.69, 9.17) is 30.2 Å². The van der Waals surface area contributed by atoms with Gasteiger partial charge >= 0.3 is 11.6 Å². The van der Waals surface area contributed by atoms with Crippen molar-refractivity contribution in [2.45, 2.75) is 65.3 Å². The molecular formula is C24H27ClO6. The average molecular weight is 447 g/mol. The van der Waals surface area contributed by atoms with Gasteiger partial charge in [-0.1, -0.05) is 20.3 Å². The fourth-order valence-electron chi connectivity index (χ4n) is 4.30. The van der Waals surface area contributed by atoms with Crippen LogP contribution in [-0.2, 0) is 16.0 Å². The van der Waals surface area contributed by atoms with Gasteiger partial charge in [-0.25, -0.2) is 4.79 Å². The molecule has 0 unspecified atom stereocenters. The topological polar surface area (TPSA) is 75.0 Å². The first kappa shape index (κ1) is 21.8. The Morgan fingerprint density at radius 1 is 1.26 bits per heavy atom. The van der Waals surface area contributed by atoms with Gasteiger partial charge in [0.25, 0.3) is 0 Å². The molecule has 0 N–H and O–H groups in total. The summed E-state index contributed by atoms with van der Waals surface area (Å²) in [5.41, 5.74) is 1.51. The van der Waals surface area contributed by atoms with Crippen molar-refractivity contribution in [3.05, 3.63) is 39.3 Å². The maximum absolute atomic E-state index is 12.5. The van der Waals surface area contributed by atoms with Gasteiger partial charge in [0.15, 0.2) is 5.58 Å². The zero-order valence-corrected chi connectivity index (χ0v) is 19.2. The third kappa shape index (κ3) is 3.71. The van der Waals surface area contributed by atoms with E-state index in [1.807, 2.05) is 46.8 Å². The van der Waals surface area contributed by atoms with E-state index in [1.54, 1.807) is 0 Å². The number of fused-ring (bicyclic) bond motifs is 6. The Bertz CT molecular complexity index is 1130. The smallest absolute Gasteiger partial charge is 0.336 e. The van der Waals surface area contributed by atoms with Gasteiger partial charge in [0.1, 0.15) is 35.2 Å². The Balaban J connectivity index is 2.12. The molecule has 166 valence electrons. The van der Waals surface area contributed by atoms with E-state index in [9.17, 15) is 9.59 Å². The molecule has 7 heteroatoms. The highest BCUT2D eigenvalue weighted by atomic mass is 35.5. The Morgan fingerprint density at radius 3 is 2.68 bits per heavy atom. The standard InChI is InChI=1S/C24H27ClO6/c1-6-7-14-10-16(26)29-23-18(14)22-15(8-9-24(4,5)31-22)21-19(23)20(30-17(27)11-25)12(2)13(3)28-21/h8-10,12-13,20H,6-7,11H2,1-5H3/t12-,13-,20-/m0/s1. The van der Waals surface area contributed by atoms with E-state index in [1.165, 1.54) is 6.07 Å². The van der Waals surface area contributed by atoms with Crippen molar-refractivity contribution in [1.29, 1.82) is 0 Å². The van der Waals surface area contributed by atoms with Crippen molar-refractivity contribution >= 4 is 34.6 Å². The minimum Gasteiger partial charge on any atom is -0.489 e. The maximum atomic E-state index is 12.5. The summed E-state index contributed by atoms with van der Waals surface area (Å²) < 4.78 is 24.2. The molecule has 1 aromatic carbocycles. The molecule has 3 atom stereocenters. The van der Waals surface area contributed by atoms with Gasteiger partial charge in [0.2, 0.25) is 0 Å². The van der Waals surface area contributed by atoms with Crippen molar-refractivity contribution in [3.63, 3.8) is 0 Å². The molecule has 3 heterocycles. The first-order chi connectivity index (χ1) is 14.7. The van der Waals surface area contributed by atoms with E-state index >= 15 is 0 Å². The second kappa shape index (κ2) is 7.90. The lowest BCUT2D eigenvalue weighted by Crippen LogP contribution is -2.36. The number of ether oxygens (including phenoxy) is 3. The van der Waals surface area contributed by atoms with Gasteiger partial charge in [0.05, 0.1) is 16.5 Å². The number of esters is 1. The van der Waals surface area contributed by atoms with E-state index < -0.39 is 23.3 Å². The molecule has 31 heavy (non-hydrogen) atoms. The zero-order chi connectivity index (χ0) is 22.5. The van der Waals surface area contributed by atoms with Gasteiger partial charge in [-0.15, -0.1) is 11.6 Å². The highest BCUT2D eigenvalue weighted by Crippen LogP contribution is 2.53. The largest absolute Gasteiger partial charge is 0.489 e. The number of hydrogen-bond donors (Lipinski definition) is 0. The minimum absolute atomic E-state index is 0.175. The van der Waals surface area contributed by atoms with Crippen LogP contribution < -0.4 is 15.1 Å². The number of rotatable bonds is 4. The maximum Gasteiger partial charge on any atom is 0.336 e. The molecular weight excluding hydrogens is 420 g/mol. The van der Waals surface area contributed by atoms with Crippen molar-refractivity contribution in [2.75, 3.05) is 5.88 Å². The quantitative estimate of drug-likeness (QED) is 0.366. The lowest BCUT2D eigenvalue weighted by Gasteiger charge is -2.39. The molecule has 2 aromatic rings. The van der Waals surface area contributed by atoms with Crippen molar-refractivity contribution < 1.29 is 23.4 Å². The lowest BCUT2D eigenvalue weighted by atomic mass is 9.84. The van der Waals surface area contributed by atoms with E-state index in [2.05, 4.69) is 0 Å². The van der Waals surface area contributed by atoms with Crippen molar-refractivity contribution in [2.24, 2.45) is 5.92 Å². The predicted molar refractivity (Wildman–Crippen MR) is 119 cm³/mol. The number of carbonyl (C=O) groups is 1. The van der Waals surface area contributed by atoms with Crippen LogP contribution in [0.1, 0.15) is 63.8 Å². The van der Waals surface area contributed by atoms with E-state index in [-0.39, 0.29) is 17.9 Å². The number of alkyl halides is 1. The van der Waals surface area contributed by atoms with Crippen LogP contribution in [0.4, 0.5) is 0 Å². The fraction of sp³-hybridized carbons (Fsp3) is 0.500. The highest BCUT2D eigenvalue weighted by Gasteiger charge is 2.42. The molecule has 0 fully saturated rings. The third-order valence-corrected chi connectivity index (χ3v) is 6.18. The minimum atomic E-state index is -0.666. The summed E-state index contributed by atoms with van der Waals surface area (Å²) in [5, 5.41) is 0.727. The molecule has 1 aromatic heterocycles. The Morgan fingerprint density at radius 2 is 2.00 bits per heavy atom. The number of carbonyl (C=O) groups excluding carboxylic acids is 1. The summed E-state index contributed by atoms with van der Waals surface area (Å²) in [4.78, 5) is 24.7. The summed E-state index contributed by atoms with van der Waals surface area (Å²) in [6.07, 6.45) is 4.56. The molecule has 0 saturated carbocycles. The van der Waals surface area contributed by atoms with Crippen molar-refractivity contribution in [1.82, 2.24) is 0 Å². The van der Waals surface area contributed by atoms with Gasteiger partial charge < -0.3 is 18.6 Å². The molecule has 2 aliphatic heterocycles. The van der Waals surface area contributed by atoms with Gasteiger partial charge in [0, 0.05) is 12.0 Å². The highest BCUT2D eigenvalue weighted by molar-refractivity contribution is 6.26. The van der Waals surface area contributed by atoms with Crippen molar-refractivity contribution in [3.8, 4) is 11.5 Å². The Labute approximate surface area is 186 Å². The van der Waals surface area contributed by atoms with Crippen LogP contribution >= 0.6 is 11.6 Å². The predicted octanol–water partition coefficient (Wildman–Crippen LogP) is 5.17. The van der Waals surface area contributed by atoms with Gasteiger partial charge in [-0.05, 0) is 44.9 Å². The van der Waals surface area contributed by atoms with Gasteiger partial charge in [-0.2, -0.15) is 0 Å². The van der Waals surface area contributed by atoms with Crippen LogP contribution in [0.25, 0.3) is 17.0 Å². The van der Waals surface area contributed by atoms with Crippen LogP contribution in [0, 0.1) is 5.92 Å². The number of hydrogen-bond acceptors (Lipinski definition) is 6. The number of halogens is 1. The molecule has 6 nitrogen and oxygen atoms in total. The summed E-state index contributed by atoms with van der Waals surface area (Å²) in [6, 6.07) is 1.52. The normalized spacial score (nSPS) is 23.5. The van der Waals surface area contributed by atoms with E-state index in [0.717, 1.165) is 22.9 Å². The molecule has 0 amide bonds. The van der Waals surface area contributed by atoms with Crippen LogP contribution in [0.15, 0.2) is 21.4 Å². The molecule has 2 aliphatic rings. The molecule has 0 aliphatic carbocycles. The molecule has 0 radical (unpaired) electrons. The summed E-state index contributed by atoms with van der Waals surface area (Å²) in [7, 11) is 0. The van der Waals surface area contributed by atoms with Crippen LogP contribution in [0.3, 0.4) is 0 Å². The molecule has 0 saturated heterocycles. The monoisotopic (exact) mass is 446 g/mol. The summed E-state index contributed by atoms with van der Waals surface area (Å²) >= 11 is 5.73. The van der Waals surface area contributed by atoms with Crippen LogP contribution in [0.2, 0.25) is 0 Å². The zero-order valence-electron chi connectivity index (χ0n) is 18.4.